The van der Waals surface area contributed by atoms with E-state index in [2.05, 4.69) is 5.32 Å². The third-order valence-electron chi connectivity index (χ3n) is 3.98. The Morgan fingerprint density at radius 3 is 2.33 bits per heavy atom. The minimum atomic E-state index is -0.505. The van der Waals surface area contributed by atoms with E-state index in [4.69, 9.17) is 11.6 Å². The molecule has 0 spiro atoms. The van der Waals surface area contributed by atoms with E-state index in [1.165, 1.54) is 12.1 Å². The molecule has 3 amide bonds. The molecule has 2 aromatic rings. The Labute approximate surface area is 144 Å². The average Bonchev–Trinajstić information content (AvgIpc) is 2.76. The van der Waals surface area contributed by atoms with Gasteiger partial charge in [-0.1, -0.05) is 29.8 Å². The predicted octanol–water partition coefficient (Wildman–Crippen LogP) is 3.19. The van der Waals surface area contributed by atoms with Crippen LogP contribution in [0.1, 0.15) is 31.8 Å². The Bertz CT molecular complexity index is 856. The number of carbonyl (C=O) groups excluding carboxylic acids is 3. The van der Waals surface area contributed by atoms with E-state index in [1.807, 2.05) is 32.0 Å². The van der Waals surface area contributed by atoms with Crippen LogP contribution >= 0.6 is 11.6 Å². The number of carbonyl (C=O) groups is 3. The van der Waals surface area contributed by atoms with Gasteiger partial charge in [-0.3, -0.25) is 19.3 Å². The maximum atomic E-state index is 12.3. The van der Waals surface area contributed by atoms with Crippen LogP contribution in [-0.2, 0) is 4.79 Å². The number of aryl methyl sites for hydroxylation is 2. The molecule has 2 aromatic carbocycles. The zero-order chi connectivity index (χ0) is 17.4. The van der Waals surface area contributed by atoms with E-state index in [0.29, 0.717) is 10.7 Å². The molecule has 0 saturated carbocycles. The first-order valence-electron chi connectivity index (χ1n) is 7.40. The number of hydrogen-bond acceptors (Lipinski definition) is 3. The molecule has 1 heterocycles. The first kappa shape index (κ1) is 16.2. The van der Waals surface area contributed by atoms with Gasteiger partial charge in [0.05, 0.1) is 11.1 Å². The number of halogens is 1. The van der Waals surface area contributed by atoms with Gasteiger partial charge in [-0.15, -0.1) is 0 Å². The average molecular weight is 343 g/mol. The smallest absolute Gasteiger partial charge is 0.262 e. The lowest BCUT2D eigenvalue weighted by atomic mass is 10.1. The molecule has 5 nitrogen and oxygen atoms in total. The highest BCUT2D eigenvalue weighted by molar-refractivity contribution is 6.32. The van der Waals surface area contributed by atoms with Crippen molar-refractivity contribution in [3.63, 3.8) is 0 Å². The second-order valence-corrected chi connectivity index (χ2v) is 6.14. The number of amides is 3. The monoisotopic (exact) mass is 342 g/mol. The van der Waals surface area contributed by atoms with Gasteiger partial charge in [-0.25, -0.2) is 0 Å². The van der Waals surface area contributed by atoms with Gasteiger partial charge in [0.15, 0.2) is 0 Å². The lowest BCUT2D eigenvalue weighted by Gasteiger charge is -2.15. The molecular formula is C18H15ClN2O3. The van der Waals surface area contributed by atoms with Crippen molar-refractivity contribution in [1.82, 2.24) is 4.90 Å². The number of fused-ring (bicyclic) bond motifs is 1. The van der Waals surface area contributed by atoms with Crippen molar-refractivity contribution < 1.29 is 14.4 Å². The van der Waals surface area contributed by atoms with Crippen molar-refractivity contribution in [3.05, 3.63) is 63.7 Å². The van der Waals surface area contributed by atoms with Crippen molar-refractivity contribution >= 4 is 35.0 Å². The summed E-state index contributed by atoms with van der Waals surface area (Å²) in [7, 11) is 0. The van der Waals surface area contributed by atoms with Crippen LogP contribution in [0.2, 0.25) is 5.02 Å². The van der Waals surface area contributed by atoms with E-state index >= 15 is 0 Å². The Morgan fingerprint density at radius 2 is 1.67 bits per heavy atom. The number of nitrogens with zero attached hydrogens (tertiary/aromatic N) is 1. The Morgan fingerprint density at radius 1 is 1.04 bits per heavy atom. The molecule has 0 radical (unpaired) electrons. The van der Waals surface area contributed by atoms with Crippen LogP contribution in [0.5, 0.6) is 0 Å². The highest BCUT2D eigenvalue weighted by Crippen LogP contribution is 2.26. The molecule has 24 heavy (non-hydrogen) atoms. The number of benzene rings is 2. The summed E-state index contributed by atoms with van der Waals surface area (Å²) in [5, 5.41) is 3.15. The third kappa shape index (κ3) is 2.78. The molecule has 3 rings (SSSR count). The van der Waals surface area contributed by atoms with Gasteiger partial charge in [0.1, 0.15) is 6.54 Å². The molecule has 1 aliphatic heterocycles. The van der Waals surface area contributed by atoms with Gasteiger partial charge in [0, 0.05) is 10.7 Å². The summed E-state index contributed by atoms with van der Waals surface area (Å²) in [4.78, 5) is 37.9. The van der Waals surface area contributed by atoms with Crippen LogP contribution in [-0.4, -0.2) is 29.2 Å². The lowest BCUT2D eigenvalue weighted by molar-refractivity contribution is -0.116. The highest BCUT2D eigenvalue weighted by atomic mass is 35.5. The summed E-state index contributed by atoms with van der Waals surface area (Å²) in [5.74, 6) is -1.41. The predicted molar refractivity (Wildman–Crippen MR) is 91.4 cm³/mol. The third-order valence-corrected chi connectivity index (χ3v) is 4.22. The summed E-state index contributed by atoms with van der Waals surface area (Å²) in [6.45, 7) is 3.43. The summed E-state index contributed by atoms with van der Waals surface area (Å²) in [5.41, 5.74) is 3.02. The van der Waals surface area contributed by atoms with Gasteiger partial charge in [-0.05, 0) is 43.2 Å². The first-order valence-corrected chi connectivity index (χ1v) is 7.78. The zero-order valence-electron chi connectivity index (χ0n) is 13.2. The van der Waals surface area contributed by atoms with Crippen LogP contribution in [0, 0.1) is 13.8 Å². The summed E-state index contributed by atoms with van der Waals surface area (Å²) in [6, 6.07) is 10.2. The first-order chi connectivity index (χ1) is 11.4. The van der Waals surface area contributed by atoms with Crippen molar-refractivity contribution in [2.75, 3.05) is 11.9 Å². The molecule has 0 aromatic heterocycles. The van der Waals surface area contributed by atoms with Crippen LogP contribution in [0.25, 0.3) is 0 Å². The Hall–Kier alpha value is -2.66. The molecule has 0 aliphatic carbocycles. The van der Waals surface area contributed by atoms with Gasteiger partial charge in [-0.2, -0.15) is 0 Å². The van der Waals surface area contributed by atoms with Crippen LogP contribution in [0.15, 0.2) is 36.4 Å². The van der Waals surface area contributed by atoms with Gasteiger partial charge in [0.2, 0.25) is 5.91 Å². The molecule has 0 fully saturated rings. The Balaban J connectivity index is 1.79. The molecular weight excluding hydrogens is 328 g/mol. The number of rotatable bonds is 3. The van der Waals surface area contributed by atoms with Crippen LogP contribution < -0.4 is 5.32 Å². The normalized spacial score (nSPS) is 13.2. The van der Waals surface area contributed by atoms with Crippen molar-refractivity contribution in [3.8, 4) is 0 Å². The van der Waals surface area contributed by atoms with Crippen LogP contribution in [0.3, 0.4) is 0 Å². The molecule has 0 atom stereocenters. The summed E-state index contributed by atoms with van der Waals surface area (Å²) < 4.78 is 0. The number of anilines is 1. The fourth-order valence-corrected chi connectivity index (χ4v) is 2.91. The second kappa shape index (κ2) is 6.09. The van der Waals surface area contributed by atoms with E-state index in [1.54, 1.807) is 6.07 Å². The molecule has 6 heteroatoms. The zero-order valence-corrected chi connectivity index (χ0v) is 14.0. The molecule has 0 unspecified atom stereocenters. The largest absolute Gasteiger partial charge is 0.324 e. The summed E-state index contributed by atoms with van der Waals surface area (Å²) in [6.07, 6.45) is 0. The number of para-hydroxylation sites is 1. The molecule has 0 bridgehead atoms. The quantitative estimate of drug-likeness (QED) is 0.871. The topological polar surface area (TPSA) is 66.5 Å². The van der Waals surface area contributed by atoms with Gasteiger partial charge in [0.25, 0.3) is 11.8 Å². The molecule has 122 valence electrons. The Kier molecular flexibility index (Phi) is 4.11. The maximum absolute atomic E-state index is 12.3. The fourth-order valence-electron chi connectivity index (χ4n) is 2.74. The SMILES string of the molecule is Cc1cccc(C)c1NC(=O)CN1C(=O)c2ccc(Cl)cc2C1=O. The van der Waals surface area contributed by atoms with Crippen molar-refractivity contribution in [2.24, 2.45) is 0 Å². The number of imide groups is 1. The standard InChI is InChI=1S/C18H15ClN2O3/c1-10-4-3-5-11(2)16(10)20-15(22)9-21-17(23)13-7-6-12(19)8-14(13)18(21)24/h3-8H,9H2,1-2H3,(H,20,22). The molecule has 0 saturated heterocycles. The van der Waals surface area contributed by atoms with Gasteiger partial charge >= 0.3 is 0 Å². The lowest BCUT2D eigenvalue weighted by Crippen LogP contribution is -2.37. The minimum Gasteiger partial charge on any atom is -0.324 e. The second-order valence-electron chi connectivity index (χ2n) is 5.70. The molecule has 1 N–H and O–H groups in total. The minimum absolute atomic E-state index is 0.229. The fraction of sp³-hybridized carbons (Fsp3) is 0.167. The summed E-state index contributed by atoms with van der Waals surface area (Å²) >= 11 is 5.87. The molecule has 1 aliphatic rings. The van der Waals surface area contributed by atoms with E-state index in [9.17, 15) is 14.4 Å². The number of nitrogens with one attached hydrogen (secondary N) is 1. The number of hydrogen-bond donors (Lipinski definition) is 1. The highest BCUT2D eigenvalue weighted by Gasteiger charge is 2.36. The maximum Gasteiger partial charge on any atom is 0.262 e. The van der Waals surface area contributed by atoms with Crippen molar-refractivity contribution in [1.29, 1.82) is 0 Å². The van der Waals surface area contributed by atoms with E-state index in [-0.39, 0.29) is 17.7 Å². The van der Waals surface area contributed by atoms with Gasteiger partial charge < -0.3 is 5.32 Å². The van der Waals surface area contributed by atoms with E-state index in [0.717, 1.165) is 16.0 Å². The van der Waals surface area contributed by atoms with Crippen molar-refractivity contribution in [2.45, 2.75) is 13.8 Å². The van der Waals surface area contributed by atoms with Crippen LogP contribution in [0.4, 0.5) is 5.69 Å². The van der Waals surface area contributed by atoms with E-state index < -0.39 is 17.7 Å².